The van der Waals surface area contributed by atoms with Gasteiger partial charge in [0.05, 0.1) is 7.11 Å². The van der Waals surface area contributed by atoms with Gasteiger partial charge >= 0.3 is 0 Å². The first-order valence-corrected chi connectivity index (χ1v) is 10.3. The van der Waals surface area contributed by atoms with Crippen molar-refractivity contribution in [2.75, 3.05) is 7.11 Å². The highest BCUT2D eigenvalue weighted by molar-refractivity contribution is 7.98. The van der Waals surface area contributed by atoms with Gasteiger partial charge in [0.25, 0.3) is 0 Å². The minimum atomic E-state index is 0.0817. The van der Waals surface area contributed by atoms with Crippen molar-refractivity contribution in [3.05, 3.63) is 95.6 Å². The van der Waals surface area contributed by atoms with E-state index >= 15 is 0 Å². The SMILES string of the molecule is COc1ccc(C(C)=O)c(SCc2ccccc2)c1.SCc1ccccc1. The van der Waals surface area contributed by atoms with Crippen LogP contribution in [-0.4, -0.2) is 12.9 Å². The number of rotatable bonds is 6. The largest absolute Gasteiger partial charge is 0.497 e. The Balaban J connectivity index is 0.000000273. The molecule has 0 amide bonds. The molecule has 3 rings (SSSR count). The number of benzene rings is 3. The second-order valence-electron chi connectivity index (χ2n) is 5.84. The summed E-state index contributed by atoms with van der Waals surface area (Å²) in [5.41, 5.74) is 3.27. The molecule has 0 aromatic heterocycles. The van der Waals surface area contributed by atoms with Crippen LogP contribution >= 0.6 is 24.4 Å². The van der Waals surface area contributed by atoms with Crippen LogP contribution in [-0.2, 0) is 11.5 Å². The van der Waals surface area contributed by atoms with E-state index in [0.717, 1.165) is 27.7 Å². The smallest absolute Gasteiger partial charge is 0.160 e. The lowest BCUT2D eigenvalue weighted by molar-refractivity contribution is 0.101. The van der Waals surface area contributed by atoms with E-state index in [9.17, 15) is 4.79 Å². The van der Waals surface area contributed by atoms with Gasteiger partial charge < -0.3 is 4.74 Å². The molecule has 3 aromatic carbocycles. The number of carbonyl (C=O) groups excluding carboxylic acids is 1. The third kappa shape index (κ3) is 7.16. The molecular formula is C23H24O2S2. The van der Waals surface area contributed by atoms with Crippen LogP contribution in [0, 0.1) is 0 Å². The average molecular weight is 397 g/mol. The van der Waals surface area contributed by atoms with Crippen molar-refractivity contribution in [2.24, 2.45) is 0 Å². The summed E-state index contributed by atoms with van der Waals surface area (Å²) in [6.07, 6.45) is 0. The van der Waals surface area contributed by atoms with Gasteiger partial charge in [-0.05, 0) is 36.2 Å². The number of ether oxygens (including phenoxy) is 1. The maximum Gasteiger partial charge on any atom is 0.160 e. The molecule has 0 saturated carbocycles. The Morgan fingerprint density at radius 2 is 1.52 bits per heavy atom. The van der Waals surface area contributed by atoms with Crippen LogP contribution in [0.3, 0.4) is 0 Å². The summed E-state index contributed by atoms with van der Waals surface area (Å²) in [5.74, 6) is 2.54. The van der Waals surface area contributed by atoms with Crippen LogP contribution in [0.15, 0.2) is 83.8 Å². The maximum absolute atomic E-state index is 11.6. The molecule has 0 atom stereocenters. The minimum absolute atomic E-state index is 0.0817. The molecule has 0 N–H and O–H groups in total. The standard InChI is InChI=1S/C16H16O2S.C7H8S/c1-12(17)15-9-8-14(18-2)10-16(15)19-11-13-6-4-3-5-7-13;8-6-7-4-2-1-3-5-7/h3-10H,11H2,1-2H3;1-5,8H,6H2. The molecule has 140 valence electrons. The van der Waals surface area contributed by atoms with Crippen LogP contribution in [0.2, 0.25) is 0 Å². The van der Waals surface area contributed by atoms with E-state index in [2.05, 4.69) is 36.9 Å². The van der Waals surface area contributed by atoms with Crippen molar-refractivity contribution in [1.82, 2.24) is 0 Å². The molecular weight excluding hydrogens is 372 g/mol. The highest BCUT2D eigenvalue weighted by atomic mass is 32.2. The van der Waals surface area contributed by atoms with Gasteiger partial charge in [-0.2, -0.15) is 12.6 Å². The molecule has 3 aromatic rings. The highest BCUT2D eigenvalue weighted by Gasteiger charge is 2.09. The van der Waals surface area contributed by atoms with E-state index in [4.69, 9.17) is 4.74 Å². The average Bonchev–Trinajstić information content (AvgIpc) is 2.73. The predicted molar refractivity (Wildman–Crippen MR) is 118 cm³/mol. The molecule has 0 bridgehead atoms. The fourth-order valence-corrected chi connectivity index (χ4v) is 3.65. The molecule has 0 spiro atoms. The van der Waals surface area contributed by atoms with Crippen molar-refractivity contribution in [3.8, 4) is 5.75 Å². The van der Waals surface area contributed by atoms with Gasteiger partial charge in [-0.3, -0.25) is 4.79 Å². The molecule has 0 fully saturated rings. The van der Waals surface area contributed by atoms with Gasteiger partial charge in [-0.15, -0.1) is 11.8 Å². The zero-order valence-corrected chi connectivity index (χ0v) is 17.3. The van der Waals surface area contributed by atoms with Crippen LogP contribution in [0.1, 0.15) is 28.4 Å². The minimum Gasteiger partial charge on any atom is -0.497 e. The molecule has 4 heteroatoms. The van der Waals surface area contributed by atoms with Gasteiger partial charge in [0.1, 0.15) is 5.75 Å². The van der Waals surface area contributed by atoms with E-state index in [1.807, 2.05) is 54.6 Å². The zero-order chi connectivity index (χ0) is 19.5. The van der Waals surface area contributed by atoms with Gasteiger partial charge in [0.2, 0.25) is 0 Å². The molecule has 0 aliphatic carbocycles. The Morgan fingerprint density at radius 3 is 2.00 bits per heavy atom. The van der Waals surface area contributed by atoms with Gasteiger partial charge in [-0.25, -0.2) is 0 Å². The summed E-state index contributed by atoms with van der Waals surface area (Å²) in [6, 6.07) is 26.0. The summed E-state index contributed by atoms with van der Waals surface area (Å²) < 4.78 is 5.22. The zero-order valence-electron chi connectivity index (χ0n) is 15.6. The van der Waals surface area contributed by atoms with Crippen molar-refractivity contribution < 1.29 is 9.53 Å². The summed E-state index contributed by atoms with van der Waals surface area (Å²) in [6.45, 7) is 1.59. The van der Waals surface area contributed by atoms with Crippen molar-refractivity contribution in [1.29, 1.82) is 0 Å². The fraction of sp³-hybridized carbons (Fsp3) is 0.174. The molecule has 0 aliphatic rings. The Morgan fingerprint density at radius 1 is 0.926 bits per heavy atom. The Bertz CT molecular complexity index is 834. The molecule has 0 aliphatic heterocycles. The molecule has 0 radical (unpaired) electrons. The van der Waals surface area contributed by atoms with E-state index in [1.54, 1.807) is 25.8 Å². The summed E-state index contributed by atoms with van der Waals surface area (Å²) >= 11 is 5.77. The number of hydrogen-bond donors (Lipinski definition) is 1. The highest BCUT2D eigenvalue weighted by Crippen LogP contribution is 2.30. The number of methoxy groups -OCH3 is 1. The van der Waals surface area contributed by atoms with Crippen LogP contribution in [0.25, 0.3) is 0 Å². The van der Waals surface area contributed by atoms with E-state index in [1.165, 1.54) is 11.1 Å². The predicted octanol–water partition coefficient (Wildman–Crippen LogP) is 6.31. The van der Waals surface area contributed by atoms with Crippen LogP contribution in [0.5, 0.6) is 5.75 Å². The quantitative estimate of drug-likeness (QED) is 0.300. The van der Waals surface area contributed by atoms with Crippen LogP contribution in [0.4, 0.5) is 0 Å². The van der Waals surface area contributed by atoms with Crippen molar-refractivity contribution in [2.45, 2.75) is 23.3 Å². The van der Waals surface area contributed by atoms with Gasteiger partial charge in [0, 0.05) is 22.0 Å². The lowest BCUT2D eigenvalue weighted by Gasteiger charge is -2.09. The first-order chi connectivity index (χ1) is 13.1. The number of thioether (sulfide) groups is 1. The number of hydrogen-bond acceptors (Lipinski definition) is 4. The first kappa shape index (κ1) is 21.1. The maximum atomic E-state index is 11.6. The number of thiol groups is 1. The summed E-state index contributed by atoms with van der Waals surface area (Å²) in [5, 5.41) is 0. The normalized spacial score (nSPS) is 9.89. The number of carbonyl (C=O) groups is 1. The number of Topliss-reactive ketones (excluding diaryl/α,β-unsaturated/α-hetero) is 1. The Hall–Kier alpha value is -2.17. The molecule has 0 heterocycles. The topological polar surface area (TPSA) is 26.3 Å². The van der Waals surface area contributed by atoms with Gasteiger partial charge in [-0.1, -0.05) is 60.7 Å². The molecule has 0 unspecified atom stereocenters. The fourth-order valence-electron chi connectivity index (χ4n) is 2.36. The first-order valence-electron chi connectivity index (χ1n) is 8.64. The Labute approximate surface area is 171 Å². The second-order valence-corrected chi connectivity index (χ2v) is 7.17. The second kappa shape index (κ2) is 11.5. The molecule has 2 nitrogen and oxygen atoms in total. The van der Waals surface area contributed by atoms with E-state index < -0.39 is 0 Å². The van der Waals surface area contributed by atoms with Crippen LogP contribution < -0.4 is 4.74 Å². The molecule has 27 heavy (non-hydrogen) atoms. The van der Waals surface area contributed by atoms with E-state index in [-0.39, 0.29) is 5.78 Å². The summed E-state index contributed by atoms with van der Waals surface area (Å²) in [4.78, 5) is 12.6. The molecule has 0 saturated heterocycles. The van der Waals surface area contributed by atoms with Crippen molar-refractivity contribution in [3.63, 3.8) is 0 Å². The third-order valence-electron chi connectivity index (χ3n) is 3.83. The lowest BCUT2D eigenvalue weighted by Crippen LogP contribution is -1.96. The van der Waals surface area contributed by atoms with E-state index in [0.29, 0.717) is 0 Å². The third-order valence-corrected chi connectivity index (χ3v) is 5.32. The summed E-state index contributed by atoms with van der Waals surface area (Å²) in [7, 11) is 1.63. The Kier molecular flexibility index (Phi) is 9.02. The lowest BCUT2D eigenvalue weighted by atomic mass is 10.1. The monoisotopic (exact) mass is 396 g/mol. The number of ketones is 1. The van der Waals surface area contributed by atoms with Gasteiger partial charge in [0.15, 0.2) is 5.78 Å². The van der Waals surface area contributed by atoms with Crippen molar-refractivity contribution >= 4 is 30.2 Å².